The lowest BCUT2D eigenvalue weighted by Crippen LogP contribution is -2.14. The van der Waals surface area contributed by atoms with Gasteiger partial charge in [-0.25, -0.2) is 0 Å². The molecule has 1 aromatic rings. The predicted molar refractivity (Wildman–Crippen MR) is 77.2 cm³/mol. The molecule has 4 heteroatoms. The third-order valence-electron chi connectivity index (χ3n) is 3.67. The van der Waals surface area contributed by atoms with E-state index < -0.39 is 0 Å². The molecule has 0 unspecified atom stereocenters. The molecule has 0 aliphatic heterocycles. The molecule has 1 aliphatic rings. The number of benzene rings is 1. The molecule has 0 bridgehead atoms. The topological polar surface area (TPSA) is 65.6 Å². The summed E-state index contributed by atoms with van der Waals surface area (Å²) >= 11 is 0. The normalized spacial score (nSPS) is 16.6. The third-order valence-corrected chi connectivity index (χ3v) is 3.67. The molecule has 0 saturated carbocycles. The summed E-state index contributed by atoms with van der Waals surface area (Å²) in [5.74, 6) is 0.764. The zero-order chi connectivity index (χ0) is 14.6. The van der Waals surface area contributed by atoms with E-state index in [1.165, 1.54) is 5.56 Å². The molecular weight excluding hydrogens is 252 g/mol. The molecule has 0 radical (unpaired) electrons. The molecule has 20 heavy (non-hydrogen) atoms. The zero-order valence-electron chi connectivity index (χ0n) is 12.0. The van der Waals surface area contributed by atoms with Gasteiger partial charge in [0.2, 0.25) is 0 Å². The number of aryl methyl sites for hydroxylation is 1. The number of rotatable bonds is 4. The van der Waals surface area contributed by atoms with Crippen LogP contribution in [0.25, 0.3) is 0 Å². The lowest BCUT2D eigenvalue weighted by Gasteiger charge is -2.19. The van der Waals surface area contributed by atoms with Crippen molar-refractivity contribution in [1.82, 2.24) is 0 Å². The Balaban J connectivity index is 2.06. The Bertz CT molecular complexity index is 556. The fourth-order valence-corrected chi connectivity index (χ4v) is 2.30. The Morgan fingerprint density at radius 3 is 2.90 bits per heavy atom. The quantitative estimate of drug-likeness (QED) is 0.673. The van der Waals surface area contributed by atoms with E-state index in [0.717, 1.165) is 36.3 Å². The van der Waals surface area contributed by atoms with Crippen molar-refractivity contribution in [1.29, 1.82) is 5.26 Å². The average Bonchev–Trinajstić information content (AvgIpc) is 2.46. The SMILES string of the molecule is CC(C)(C#N)CCOc1ccc2c(c1)/C(=N\O)CCC2. The summed E-state index contributed by atoms with van der Waals surface area (Å²) in [4.78, 5) is 0. The lowest BCUT2D eigenvalue weighted by molar-refractivity contribution is 0.264. The Morgan fingerprint density at radius 2 is 2.20 bits per heavy atom. The molecular formula is C16H20N2O2. The largest absolute Gasteiger partial charge is 0.494 e. The molecule has 0 spiro atoms. The van der Waals surface area contributed by atoms with E-state index in [9.17, 15) is 0 Å². The number of oxime groups is 1. The van der Waals surface area contributed by atoms with Crippen molar-refractivity contribution in [2.45, 2.75) is 39.5 Å². The van der Waals surface area contributed by atoms with E-state index in [4.69, 9.17) is 15.2 Å². The second-order valence-corrected chi connectivity index (χ2v) is 5.81. The monoisotopic (exact) mass is 272 g/mol. The van der Waals surface area contributed by atoms with Crippen LogP contribution in [0.4, 0.5) is 0 Å². The Labute approximate surface area is 119 Å². The Kier molecular flexibility index (Phi) is 4.29. The molecule has 0 atom stereocenters. The van der Waals surface area contributed by atoms with Crippen LogP contribution in [0.5, 0.6) is 5.75 Å². The van der Waals surface area contributed by atoms with Gasteiger partial charge >= 0.3 is 0 Å². The molecule has 4 nitrogen and oxygen atoms in total. The fraction of sp³-hybridized carbons (Fsp3) is 0.500. The number of hydrogen-bond acceptors (Lipinski definition) is 4. The molecule has 0 heterocycles. The molecule has 1 aromatic carbocycles. The van der Waals surface area contributed by atoms with Crippen molar-refractivity contribution in [3.05, 3.63) is 29.3 Å². The van der Waals surface area contributed by atoms with Crippen molar-refractivity contribution in [3.63, 3.8) is 0 Å². The maximum atomic E-state index is 9.05. The molecule has 0 aromatic heterocycles. The summed E-state index contributed by atoms with van der Waals surface area (Å²) in [5.41, 5.74) is 2.55. The van der Waals surface area contributed by atoms with Gasteiger partial charge in [0.05, 0.1) is 23.8 Å². The van der Waals surface area contributed by atoms with Crippen LogP contribution in [0.1, 0.15) is 44.2 Å². The summed E-state index contributed by atoms with van der Waals surface area (Å²) in [6, 6.07) is 8.17. The Morgan fingerprint density at radius 1 is 1.40 bits per heavy atom. The van der Waals surface area contributed by atoms with Gasteiger partial charge in [-0.1, -0.05) is 11.2 Å². The second kappa shape index (κ2) is 5.96. The van der Waals surface area contributed by atoms with Crippen LogP contribution in [0.3, 0.4) is 0 Å². The Hall–Kier alpha value is -2.02. The first-order valence-corrected chi connectivity index (χ1v) is 6.94. The summed E-state index contributed by atoms with van der Waals surface area (Å²) in [7, 11) is 0. The number of nitriles is 1. The van der Waals surface area contributed by atoms with Crippen molar-refractivity contribution in [3.8, 4) is 11.8 Å². The van der Waals surface area contributed by atoms with Gasteiger partial charge in [-0.3, -0.25) is 0 Å². The van der Waals surface area contributed by atoms with Gasteiger partial charge in [0, 0.05) is 5.56 Å². The van der Waals surface area contributed by atoms with Crippen molar-refractivity contribution < 1.29 is 9.94 Å². The molecule has 2 rings (SSSR count). The molecule has 106 valence electrons. The maximum absolute atomic E-state index is 9.05. The standard InChI is InChI=1S/C16H20N2O2/c1-16(2,11-17)8-9-20-13-7-6-12-4-3-5-15(18-19)14(12)10-13/h6-7,10,19H,3-5,8-9H2,1-2H3/b18-15-. The highest BCUT2D eigenvalue weighted by molar-refractivity contribution is 6.02. The van der Waals surface area contributed by atoms with E-state index in [1.54, 1.807) is 0 Å². The van der Waals surface area contributed by atoms with E-state index in [1.807, 2.05) is 32.0 Å². The van der Waals surface area contributed by atoms with Gasteiger partial charge in [0.15, 0.2) is 0 Å². The van der Waals surface area contributed by atoms with Gasteiger partial charge in [0.25, 0.3) is 0 Å². The van der Waals surface area contributed by atoms with Crippen molar-refractivity contribution in [2.24, 2.45) is 10.6 Å². The van der Waals surface area contributed by atoms with Crippen LogP contribution in [-0.2, 0) is 6.42 Å². The predicted octanol–water partition coefficient (Wildman–Crippen LogP) is 3.52. The average molecular weight is 272 g/mol. The minimum atomic E-state index is -0.369. The number of ether oxygens (including phenoxy) is 1. The summed E-state index contributed by atoms with van der Waals surface area (Å²) in [5, 5.41) is 21.4. The van der Waals surface area contributed by atoms with Crippen LogP contribution in [0, 0.1) is 16.7 Å². The van der Waals surface area contributed by atoms with Crippen LogP contribution in [0.15, 0.2) is 23.4 Å². The van der Waals surface area contributed by atoms with Crippen LogP contribution in [-0.4, -0.2) is 17.5 Å². The van der Waals surface area contributed by atoms with Gasteiger partial charge in [-0.15, -0.1) is 0 Å². The second-order valence-electron chi connectivity index (χ2n) is 5.81. The zero-order valence-corrected chi connectivity index (χ0v) is 12.0. The maximum Gasteiger partial charge on any atom is 0.119 e. The van der Waals surface area contributed by atoms with Crippen LogP contribution >= 0.6 is 0 Å². The minimum absolute atomic E-state index is 0.369. The summed E-state index contributed by atoms with van der Waals surface area (Å²) in [6.45, 7) is 4.31. The molecule has 0 saturated heterocycles. The molecule has 1 N–H and O–H groups in total. The highest BCUT2D eigenvalue weighted by Gasteiger charge is 2.18. The van der Waals surface area contributed by atoms with E-state index in [0.29, 0.717) is 13.0 Å². The van der Waals surface area contributed by atoms with Gasteiger partial charge in [0.1, 0.15) is 5.75 Å². The van der Waals surface area contributed by atoms with Crippen molar-refractivity contribution in [2.75, 3.05) is 6.61 Å². The summed E-state index contributed by atoms with van der Waals surface area (Å²) in [6.07, 6.45) is 3.51. The highest BCUT2D eigenvalue weighted by atomic mass is 16.5. The minimum Gasteiger partial charge on any atom is -0.494 e. The van der Waals surface area contributed by atoms with Gasteiger partial charge in [-0.05, 0) is 57.2 Å². The molecule has 0 fully saturated rings. The smallest absolute Gasteiger partial charge is 0.119 e. The lowest BCUT2D eigenvalue weighted by atomic mass is 9.90. The first-order valence-electron chi connectivity index (χ1n) is 6.94. The van der Waals surface area contributed by atoms with Gasteiger partial charge in [-0.2, -0.15) is 5.26 Å². The highest BCUT2D eigenvalue weighted by Crippen LogP contribution is 2.26. The van der Waals surface area contributed by atoms with Crippen molar-refractivity contribution >= 4 is 5.71 Å². The van der Waals surface area contributed by atoms with Crippen LogP contribution < -0.4 is 4.74 Å². The number of fused-ring (bicyclic) bond motifs is 1. The van der Waals surface area contributed by atoms with E-state index >= 15 is 0 Å². The fourth-order valence-electron chi connectivity index (χ4n) is 2.30. The summed E-state index contributed by atoms with van der Waals surface area (Å²) < 4.78 is 5.71. The first-order chi connectivity index (χ1) is 9.55. The molecule has 0 amide bonds. The number of hydrogen-bond donors (Lipinski definition) is 1. The first kappa shape index (κ1) is 14.4. The third kappa shape index (κ3) is 3.30. The molecule has 1 aliphatic carbocycles. The van der Waals surface area contributed by atoms with Gasteiger partial charge < -0.3 is 9.94 Å². The van der Waals surface area contributed by atoms with E-state index in [-0.39, 0.29) is 5.41 Å². The van der Waals surface area contributed by atoms with E-state index in [2.05, 4.69) is 11.2 Å². The van der Waals surface area contributed by atoms with Crippen LogP contribution in [0.2, 0.25) is 0 Å². The number of nitrogens with zero attached hydrogens (tertiary/aromatic N) is 2.